The third kappa shape index (κ3) is 4.30. The van der Waals surface area contributed by atoms with Crippen LogP contribution in [-0.4, -0.2) is 40.0 Å². The minimum Gasteiger partial charge on any atom is -0.379 e. The summed E-state index contributed by atoms with van der Waals surface area (Å²) in [6, 6.07) is 10.6. The summed E-state index contributed by atoms with van der Waals surface area (Å²) in [6.07, 6.45) is -0.355. The molecule has 1 saturated heterocycles. The number of benzene rings is 2. The maximum absolute atomic E-state index is 13.4. The first-order valence-corrected chi connectivity index (χ1v) is 10.2. The topological polar surface area (TPSA) is 129 Å². The highest BCUT2D eigenvalue weighted by molar-refractivity contribution is 6.30. The number of aromatic amines is 1. The number of anilines is 1. The lowest BCUT2D eigenvalue weighted by Crippen LogP contribution is -2.44. The van der Waals surface area contributed by atoms with Crippen molar-refractivity contribution in [2.75, 3.05) is 11.4 Å². The predicted molar refractivity (Wildman–Crippen MR) is 117 cm³/mol. The molecule has 1 aromatic heterocycles. The Morgan fingerprint density at radius 1 is 1.25 bits per heavy atom. The average molecular weight is 459 g/mol. The molecule has 0 radical (unpaired) electrons. The number of primary amides is 1. The summed E-state index contributed by atoms with van der Waals surface area (Å²) < 4.78 is 13.4. The van der Waals surface area contributed by atoms with E-state index in [1.807, 2.05) is 0 Å². The Kier molecular flexibility index (Phi) is 5.62. The Labute approximate surface area is 187 Å². The number of amides is 3. The highest BCUT2D eigenvalue weighted by Crippen LogP contribution is 2.32. The average Bonchev–Trinajstić information content (AvgIpc) is 3.27. The van der Waals surface area contributed by atoms with E-state index in [9.17, 15) is 23.9 Å². The number of hydrogen-bond donors (Lipinski definition) is 4. The lowest BCUT2D eigenvalue weighted by Gasteiger charge is -2.22. The van der Waals surface area contributed by atoms with E-state index in [-0.39, 0.29) is 30.2 Å². The van der Waals surface area contributed by atoms with Gasteiger partial charge >= 0.3 is 0 Å². The van der Waals surface area contributed by atoms with Crippen molar-refractivity contribution in [3.63, 3.8) is 0 Å². The van der Waals surface area contributed by atoms with Crippen LogP contribution in [0.2, 0.25) is 5.02 Å². The van der Waals surface area contributed by atoms with E-state index in [1.165, 1.54) is 17.0 Å². The van der Waals surface area contributed by atoms with Crippen LogP contribution >= 0.6 is 11.6 Å². The van der Waals surface area contributed by atoms with Crippen molar-refractivity contribution in [3.8, 4) is 0 Å². The van der Waals surface area contributed by atoms with Gasteiger partial charge in [-0.2, -0.15) is 0 Å². The summed E-state index contributed by atoms with van der Waals surface area (Å²) in [6.45, 7) is 0.234. The van der Waals surface area contributed by atoms with Gasteiger partial charge in [-0.25, -0.2) is 4.39 Å². The van der Waals surface area contributed by atoms with Gasteiger partial charge in [-0.3, -0.25) is 14.4 Å². The van der Waals surface area contributed by atoms with Crippen LogP contribution < -0.4 is 16.0 Å². The summed E-state index contributed by atoms with van der Waals surface area (Å²) in [5.74, 6) is -2.26. The molecule has 1 aliphatic rings. The monoisotopic (exact) mass is 458 g/mol. The molecule has 32 heavy (non-hydrogen) atoms. The van der Waals surface area contributed by atoms with Crippen molar-refractivity contribution in [1.82, 2.24) is 10.3 Å². The van der Waals surface area contributed by atoms with E-state index in [0.717, 1.165) is 6.07 Å². The van der Waals surface area contributed by atoms with Crippen LogP contribution in [0.4, 0.5) is 10.1 Å². The summed E-state index contributed by atoms with van der Waals surface area (Å²) in [5.41, 5.74) is 5.36. The molecule has 0 bridgehead atoms. The van der Waals surface area contributed by atoms with Crippen molar-refractivity contribution in [2.24, 2.45) is 5.73 Å². The quantitative estimate of drug-likeness (QED) is 0.451. The molecule has 3 aromatic rings. The van der Waals surface area contributed by atoms with Gasteiger partial charge in [0, 0.05) is 41.1 Å². The number of fused-ring (bicyclic) bond motifs is 1. The SMILES string of the molecule is NC(=O)c1cc2cc(N3CCC(O)(CC(=O)NCc4cc(F)cc(Cl)c4)C3=O)ccc2[nH]1. The standard InChI is InChI=1S/C22H20ClFN4O4/c23-14-5-12(6-15(24)9-14)11-26-19(29)10-22(32)3-4-28(21(22)31)16-1-2-17-13(7-16)8-18(27-17)20(25)30/h1-2,5-9,27,32H,3-4,10-11H2,(H2,25,30)(H,26,29). The second-order valence-corrected chi connectivity index (χ2v) is 8.22. The third-order valence-corrected chi connectivity index (χ3v) is 5.66. The summed E-state index contributed by atoms with van der Waals surface area (Å²) in [7, 11) is 0. The summed E-state index contributed by atoms with van der Waals surface area (Å²) in [4.78, 5) is 40.9. The van der Waals surface area contributed by atoms with Crippen LogP contribution in [0.1, 0.15) is 28.9 Å². The van der Waals surface area contributed by atoms with Gasteiger partial charge in [0.05, 0.1) is 6.42 Å². The van der Waals surface area contributed by atoms with Crippen molar-refractivity contribution < 1.29 is 23.9 Å². The molecule has 2 aromatic carbocycles. The molecular weight excluding hydrogens is 439 g/mol. The Morgan fingerprint density at radius 3 is 2.75 bits per heavy atom. The molecule has 1 atom stereocenters. The van der Waals surface area contributed by atoms with E-state index in [2.05, 4.69) is 10.3 Å². The molecule has 0 aliphatic carbocycles. The van der Waals surface area contributed by atoms with Gasteiger partial charge in [-0.05, 0) is 48.0 Å². The van der Waals surface area contributed by atoms with E-state index in [4.69, 9.17) is 17.3 Å². The van der Waals surface area contributed by atoms with Crippen molar-refractivity contribution in [2.45, 2.75) is 25.0 Å². The number of carbonyl (C=O) groups excluding carboxylic acids is 3. The number of aliphatic hydroxyl groups is 1. The number of hydrogen-bond acceptors (Lipinski definition) is 4. The maximum atomic E-state index is 13.4. The minimum absolute atomic E-state index is 0.0106. The van der Waals surface area contributed by atoms with Gasteiger partial charge in [-0.15, -0.1) is 0 Å². The van der Waals surface area contributed by atoms with Gasteiger partial charge in [0.25, 0.3) is 11.8 Å². The number of carbonyl (C=O) groups is 3. The maximum Gasteiger partial charge on any atom is 0.265 e. The van der Waals surface area contributed by atoms with E-state index >= 15 is 0 Å². The van der Waals surface area contributed by atoms with Crippen LogP contribution in [0.3, 0.4) is 0 Å². The van der Waals surface area contributed by atoms with Gasteiger partial charge < -0.3 is 26.0 Å². The first kappa shape index (κ1) is 21.8. The van der Waals surface area contributed by atoms with Gasteiger partial charge in [0.15, 0.2) is 5.60 Å². The lowest BCUT2D eigenvalue weighted by molar-refractivity contribution is -0.139. The fourth-order valence-electron chi connectivity index (χ4n) is 3.83. The second kappa shape index (κ2) is 8.25. The van der Waals surface area contributed by atoms with E-state index in [1.54, 1.807) is 24.3 Å². The molecule has 1 fully saturated rings. The highest BCUT2D eigenvalue weighted by atomic mass is 35.5. The van der Waals surface area contributed by atoms with Crippen LogP contribution in [0, 0.1) is 5.82 Å². The van der Waals surface area contributed by atoms with Gasteiger partial charge in [0.2, 0.25) is 5.91 Å². The number of rotatable bonds is 6. The fraction of sp³-hybridized carbons (Fsp3) is 0.227. The van der Waals surface area contributed by atoms with Crippen LogP contribution in [0.15, 0.2) is 42.5 Å². The molecule has 8 nitrogen and oxygen atoms in total. The minimum atomic E-state index is -1.85. The van der Waals surface area contributed by atoms with Gasteiger partial charge in [0.1, 0.15) is 11.5 Å². The molecule has 5 N–H and O–H groups in total. The Balaban J connectivity index is 1.43. The van der Waals surface area contributed by atoms with Crippen molar-refractivity contribution in [1.29, 1.82) is 0 Å². The van der Waals surface area contributed by atoms with E-state index < -0.39 is 35.6 Å². The van der Waals surface area contributed by atoms with Crippen LogP contribution in [0.5, 0.6) is 0 Å². The fourth-order valence-corrected chi connectivity index (χ4v) is 4.07. The smallest absolute Gasteiger partial charge is 0.265 e. The Bertz CT molecular complexity index is 1220. The molecule has 2 heterocycles. The normalized spacial score (nSPS) is 18.3. The van der Waals surface area contributed by atoms with Crippen LogP contribution in [0.25, 0.3) is 10.9 Å². The summed E-state index contributed by atoms with van der Waals surface area (Å²) in [5, 5.41) is 14.3. The second-order valence-electron chi connectivity index (χ2n) is 7.79. The number of halogens is 2. The van der Waals surface area contributed by atoms with Crippen molar-refractivity contribution >= 4 is 45.9 Å². The molecule has 0 spiro atoms. The molecule has 0 saturated carbocycles. The number of nitrogens with two attached hydrogens (primary N) is 1. The number of nitrogens with zero attached hydrogens (tertiary/aromatic N) is 1. The first-order chi connectivity index (χ1) is 15.1. The molecule has 10 heteroatoms. The van der Waals surface area contributed by atoms with Crippen LogP contribution in [-0.2, 0) is 16.1 Å². The number of H-pyrrole nitrogens is 1. The third-order valence-electron chi connectivity index (χ3n) is 5.44. The zero-order valence-corrected chi connectivity index (χ0v) is 17.6. The number of nitrogens with one attached hydrogen (secondary N) is 2. The first-order valence-electron chi connectivity index (χ1n) is 9.83. The highest BCUT2D eigenvalue weighted by Gasteiger charge is 2.47. The predicted octanol–water partition coefficient (Wildman–Crippen LogP) is 2.23. The Morgan fingerprint density at radius 2 is 2.03 bits per heavy atom. The largest absolute Gasteiger partial charge is 0.379 e. The lowest BCUT2D eigenvalue weighted by atomic mass is 9.97. The molecule has 3 amide bonds. The summed E-state index contributed by atoms with van der Waals surface area (Å²) >= 11 is 5.80. The molecular formula is C22H20ClFN4O4. The molecule has 1 unspecified atom stereocenters. The zero-order valence-electron chi connectivity index (χ0n) is 16.8. The Hall–Kier alpha value is -3.43. The molecule has 166 valence electrons. The number of aromatic nitrogens is 1. The molecule has 4 rings (SSSR count). The van der Waals surface area contributed by atoms with E-state index in [0.29, 0.717) is 22.2 Å². The van der Waals surface area contributed by atoms with Crippen molar-refractivity contribution in [3.05, 3.63) is 64.6 Å². The zero-order chi connectivity index (χ0) is 23.0. The molecule has 1 aliphatic heterocycles. The van der Waals surface area contributed by atoms with Gasteiger partial charge in [-0.1, -0.05) is 11.6 Å².